The molecule has 11 heteroatoms. The van der Waals surface area contributed by atoms with Crippen molar-refractivity contribution in [1.82, 2.24) is 4.90 Å². The minimum atomic E-state index is -0.862. The highest BCUT2D eigenvalue weighted by atomic mass is 32.2. The summed E-state index contributed by atoms with van der Waals surface area (Å²) in [6.07, 6.45) is 1.22. The van der Waals surface area contributed by atoms with Crippen LogP contribution in [-0.4, -0.2) is 67.1 Å². The number of carbonyl (C=O) groups is 3. The Bertz CT molecular complexity index is 765. The van der Waals surface area contributed by atoms with Gasteiger partial charge in [0.2, 0.25) is 12.7 Å². The molecule has 0 bridgehead atoms. The number of amides is 1. The zero-order chi connectivity index (χ0) is 22.0. The third kappa shape index (κ3) is 4.73. The molecular formula is C19H27NO7S3. The second-order valence-electron chi connectivity index (χ2n) is 7.48. The van der Waals surface area contributed by atoms with Crippen LogP contribution in [0.1, 0.15) is 40.0 Å². The SMILES string of the molecule is CCC(CC)C(=O)OCOC(=O)C1=C(SC2CCS(=O)C2)SC2C(C(C)O)C(=O)N12. The molecule has 0 aromatic rings. The van der Waals surface area contributed by atoms with E-state index in [4.69, 9.17) is 9.47 Å². The predicted octanol–water partition coefficient (Wildman–Crippen LogP) is 1.80. The Morgan fingerprint density at radius 3 is 2.60 bits per heavy atom. The fraction of sp³-hybridized carbons (Fsp3) is 0.737. The molecule has 8 nitrogen and oxygen atoms in total. The summed E-state index contributed by atoms with van der Waals surface area (Å²) in [6.45, 7) is 4.81. The Kier molecular flexibility index (Phi) is 7.92. The fourth-order valence-corrected chi connectivity index (χ4v) is 8.90. The molecule has 0 radical (unpaired) electrons. The van der Waals surface area contributed by atoms with Crippen molar-refractivity contribution < 1.29 is 33.2 Å². The number of carbonyl (C=O) groups excluding carboxylic acids is 3. The largest absolute Gasteiger partial charge is 0.428 e. The first-order valence-corrected chi connectivity index (χ1v) is 13.3. The molecule has 2 saturated heterocycles. The van der Waals surface area contributed by atoms with Crippen LogP contribution < -0.4 is 0 Å². The Hall–Kier alpha value is -1.04. The fourth-order valence-electron chi connectivity index (χ4n) is 3.65. The number of β-lactam (4-membered cyclic amide) rings is 1. The highest BCUT2D eigenvalue weighted by molar-refractivity contribution is 8.23. The first-order valence-electron chi connectivity index (χ1n) is 10.1. The van der Waals surface area contributed by atoms with Gasteiger partial charge in [0.05, 0.1) is 22.2 Å². The van der Waals surface area contributed by atoms with E-state index >= 15 is 0 Å². The van der Waals surface area contributed by atoms with Crippen molar-refractivity contribution in [3.63, 3.8) is 0 Å². The number of esters is 2. The third-order valence-corrected chi connectivity index (χ3v) is 10.0. The molecule has 0 aliphatic carbocycles. The number of ether oxygens (including phenoxy) is 2. The molecule has 3 rings (SSSR count). The van der Waals surface area contributed by atoms with Crippen molar-refractivity contribution in [3.8, 4) is 0 Å². The van der Waals surface area contributed by atoms with Crippen LogP contribution in [0.2, 0.25) is 0 Å². The van der Waals surface area contributed by atoms with E-state index in [0.29, 0.717) is 28.6 Å². The van der Waals surface area contributed by atoms with Crippen LogP contribution in [0, 0.1) is 11.8 Å². The van der Waals surface area contributed by atoms with Crippen LogP contribution in [0.25, 0.3) is 0 Å². The minimum Gasteiger partial charge on any atom is -0.428 e. The number of hydrogen-bond acceptors (Lipinski definition) is 9. The molecule has 1 amide bonds. The van der Waals surface area contributed by atoms with E-state index in [2.05, 4.69) is 0 Å². The summed E-state index contributed by atoms with van der Waals surface area (Å²) in [5, 5.41) is 9.66. The van der Waals surface area contributed by atoms with Crippen LogP contribution in [0.4, 0.5) is 0 Å². The second kappa shape index (κ2) is 10.1. The van der Waals surface area contributed by atoms with Crippen molar-refractivity contribution >= 4 is 52.2 Å². The third-order valence-electron chi connectivity index (χ3n) is 5.48. The standard InChI is InChI=1S/C19H27NO7S3/c1-4-11(5-2)17(23)26-9-27-18(24)14-19(28-12-6-7-30(25)8-12)29-16-13(10(3)21)15(22)20(14)16/h10-13,16,21H,4-9H2,1-3H3. The Balaban J connectivity index is 1.69. The number of hydrogen-bond donors (Lipinski definition) is 1. The molecule has 168 valence electrons. The molecule has 3 aliphatic rings. The normalized spacial score (nSPS) is 29.1. The van der Waals surface area contributed by atoms with Crippen molar-refractivity contribution in [3.05, 3.63) is 9.93 Å². The summed E-state index contributed by atoms with van der Waals surface area (Å²) in [5.74, 6) is -1.13. The highest BCUT2D eigenvalue weighted by Crippen LogP contribution is 2.55. The molecule has 30 heavy (non-hydrogen) atoms. The molecule has 1 N–H and O–H groups in total. The van der Waals surface area contributed by atoms with Crippen molar-refractivity contribution in [2.24, 2.45) is 11.8 Å². The van der Waals surface area contributed by atoms with Gasteiger partial charge in [-0.05, 0) is 26.2 Å². The summed E-state index contributed by atoms with van der Waals surface area (Å²) >= 11 is 2.79. The molecular weight excluding hydrogens is 450 g/mol. The van der Waals surface area contributed by atoms with E-state index in [1.54, 1.807) is 6.92 Å². The van der Waals surface area contributed by atoms with Crippen LogP contribution in [0.3, 0.4) is 0 Å². The van der Waals surface area contributed by atoms with E-state index in [1.165, 1.54) is 28.4 Å². The maximum absolute atomic E-state index is 12.8. The minimum absolute atomic E-state index is 0.0997. The van der Waals surface area contributed by atoms with Gasteiger partial charge in [0.25, 0.3) is 0 Å². The summed E-state index contributed by atoms with van der Waals surface area (Å²) in [6, 6.07) is 0. The monoisotopic (exact) mass is 477 g/mol. The number of aliphatic hydroxyl groups excluding tert-OH is 1. The second-order valence-corrected chi connectivity index (χ2v) is 11.8. The quantitative estimate of drug-likeness (QED) is 0.302. The summed E-state index contributed by atoms with van der Waals surface area (Å²) in [4.78, 5) is 38.7. The van der Waals surface area contributed by atoms with Gasteiger partial charge in [-0.2, -0.15) is 0 Å². The summed E-state index contributed by atoms with van der Waals surface area (Å²) in [7, 11) is -0.862. The van der Waals surface area contributed by atoms with Gasteiger partial charge in [-0.3, -0.25) is 18.7 Å². The Morgan fingerprint density at radius 2 is 2.03 bits per heavy atom. The van der Waals surface area contributed by atoms with Gasteiger partial charge in [0.15, 0.2) is 5.70 Å². The number of aliphatic hydroxyl groups is 1. The smallest absolute Gasteiger partial charge is 0.359 e. The van der Waals surface area contributed by atoms with Crippen molar-refractivity contribution in [2.75, 3.05) is 18.3 Å². The lowest BCUT2D eigenvalue weighted by Crippen LogP contribution is -2.60. The zero-order valence-corrected chi connectivity index (χ0v) is 19.6. The zero-order valence-electron chi connectivity index (χ0n) is 17.2. The maximum atomic E-state index is 12.8. The van der Waals surface area contributed by atoms with Crippen LogP contribution in [0.15, 0.2) is 9.93 Å². The number of thioether (sulfide) groups is 2. The molecule has 3 aliphatic heterocycles. The molecule has 0 spiro atoms. The summed E-state index contributed by atoms with van der Waals surface area (Å²) in [5.41, 5.74) is 0.133. The van der Waals surface area contributed by atoms with Crippen LogP contribution >= 0.6 is 23.5 Å². The van der Waals surface area contributed by atoms with Gasteiger partial charge in [-0.25, -0.2) is 4.79 Å². The maximum Gasteiger partial charge on any atom is 0.359 e. The first kappa shape index (κ1) is 23.6. The van der Waals surface area contributed by atoms with E-state index < -0.39 is 41.6 Å². The number of rotatable bonds is 9. The molecule has 0 aromatic heterocycles. The van der Waals surface area contributed by atoms with Crippen molar-refractivity contribution in [1.29, 1.82) is 0 Å². The van der Waals surface area contributed by atoms with Crippen LogP contribution in [-0.2, 0) is 34.7 Å². The molecule has 3 heterocycles. The molecule has 5 unspecified atom stereocenters. The molecule has 0 aromatic carbocycles. The van der Waals surface area contributed by atoms with Crippen LogP contribution in [0.5, 0.6) is 0 Å². The Labute approximate surface area is 186 Å². The van der Waals surface area contributed by atoms with Gasteiger partial charge in [0.1, 0.15) is 5.37 Å². The lowest BCUT2D eigenvalue weighted by Gasteiger charge is -2.43. The average Bonchev–Trinajstić information content (AvgIpc) is 3.23. The highest BCUT2D eigenvalue weighted by Gasteiger charge is 2.58. The summed E-state index contributed by atoms with van der Waals surface area (Å²) < 4.78 is 22.6. The Morgan fingerprint density at radius 1 is 1.33 bits per heavy atom. The first-order chi connectivity index (χ1) is 14.3. The predicted molar refractivity (Wildman–Crippen MR) is 115 cm³/mol. The number of nitrogens with zero attached hydrogens (tertiary/aromatic N) is 1. The van der Waals surface area contributed by atoms with Crippen molar-refractivity contribution in [2.45, 2.75) is 56.8 Å². The van der Waals surface area contributed by atoms with Gasteiger partial charge in [-0.1, -0.05) is 25.6 Å². The van der Waals surface area contributed by atoms with E-state index in [-0.39, 0.29) is 28.1 Å². The van der Waals surface area contributed by atoms with Gasteiger partial charge in [-0.15, -0.1) is 11.8 Å². The lowest BCUT2D eigenvalue weighted by atomic mass is 9.92. The van der Waals surface area contributed by atoms with E-state index in [9.17, 15) is 23.7 Å². The van der Waals surface area contributed by atoms with E-state index in [1.807, 2.05) is 13.8 Å². The molecule has 5 atom stereocenters. The van der Waals surface area contributed by atoms with Gasteiger partial charge in [0, 0.05) is 27.6 Å². The van der Waals surface area contributed by atoms with Gasteiger partial charge >= 0.3 is 11.9 Å². The topological polar surface area (TPSA) is 110 Å². The number of fused-ring (bicyclic) bond motifs is 1. The van der Waals surface area contributed by atoms with E-state index in [0.717, 1.165) is 6.42 Å². The average molecular weight is 478 g/mol. The molecule has 0 saturated carbocycles. The van der Waals surface area contributed by atoms with Gasteiger partial charge < -0.3 is 14.6 Å². The lowest BCUT2D eigenvalue weighted by molar-refractivity contribution is -0.172. The molecule has 2 fully saturated rings.